The summed E-state index contributed by atoms with van der Waals surface area (Å²) in [7, 11) is -3.62. The van der Waals surface area contributed by atoms with Crippen LogP contribution in [0.15, 0.2) is 0 Å². The van der Waals surface area contributed by atoms with Crippen LogP contribution < -0.4 is 0 Å². The Kier molecular flexibility index (Phi) is 5.94. The number of hydroxylamine groups is 1. The van der Waals surface area contributed by atoms with Crippen LogP contribution in [0.3, 0.4) is 0 Å². The van der Waals surface area contributed by atoms with Gasteiger partial charge in [0.15, 0.2) is 0 Å². The van der Waals surface area contributed by atoms with Crippen LogP contribution in [0.25, 0.3) is 0 Å². The van der Waals surface area contributed by atoms with E-state index in [1.165, 1.54) is 0 Å². The normalized spacial score (nSPS) is 36.7. The third-order valence-corrected chi connectivity index (χ3v) is 3.78. The van der Waals surface area contributed by atoms with Crippen LogP contribution in [0, 0.1) is 0 Å². The molecule has 0 aromatic carbocycles. The van der Waals surface area contributed by atoms with Crippen molar-refractivity contribution in [2.45, 2.75) is 29.9 Å². The molecule has 0 unspecified atom stereocenters. The molecule has 0 aliphatic carbocycles. The third-order valence-electron chi connectivity index (χ3n) is 2.30. The maximum Gasteiger partial charge on any atom is 0.414 e. The molecule has 0 aromatic heterocycles. The van der Waals surface area contributed by atoms with Crippen LogP contribution >= 0.6 is 11.9 Å². The first kappa shape index (κ1) is 17.0. The van der Waals surface area contributed by atoms with E-state index in [2.05, 4.69) is 4.28 Å². The largest absolute Gasteiger partial charge is 0.414 e. The molecule has 114 valence electrons. The highest BCUT2D eigenvalue weighted by Gasteiger charge is 2.44. The number of nitrogens with zero attached hydrogens (tertiary/aromatic N) is 1. The van der Waals surface area contributed by atoms with Gasteiger partial charge in [0.1, 0.15) is 29.9 Å². The summed E-state index contributed by atoms with van der Waals surface area (Å²) in [6, 6.07) is 0. The summed E-state index contributed by atoms with van der Waals surface area (Å²) in [5.41, 5.74) is -1.21. The minimum absolute atomic E-state index is 0.498. The first-order chi connectivity index (χ1) is 8.65. The van der Waals surface area contributed by atoms with Crippen LogP contribution in [-0.2, 0) is 19.4 Å². The molecule has 0 spiro atoms. The Labute approximate surface area is 113 Å². The lowest BCUT2D eigenvalue weighted by Gasteiger charge is -2.40. The second-order valence-electron chi connectivity index (χ2n) is 3.74. The minimum Gasteiger partial charge on any atom is -0.394 e. The van der Waals surface area contributed by atoms with Gasteiger partial charge in [0.25, 0.3) is 0 Å². The summed E-state index contributed by atoms with van der Waals surface area (Å²) in [6.07, 6.45) is -5.75. The molecule has 1 aliphatic rings. The molecule has 12 heteroatoms. The SMILES string of the molecule is CN(OS(=O)(=O)O)S[C@@H]1O[C@H](CO)[C@@H](O)[C@H](O)[C@H]1O. The van der Waals surface area contributed by atoms with E-state index in [1.54, 1.807) is 0 Å². The van der Waals surface area contributed by atoms with Crippen molar-refractivity contribution in [3.8, 4) is 0 Å². The first-order valence-corrected chi connectivity index (χ1v) is 7.24. The van der Waals surface area contributed by atoms with Gasteiger partial charge in [0.05, 0.1) is 6.61 Å². The Hall–Kier alpha value is -0.0200. The number of ether oxygens (including phenoxy) is 1. The molecule has 0 saturated carbocycles. The van der Waals surface area contributed by atoms with E-state index in [0.29, 0.717) is 16.4 Å². The summed E-state index contributed by atoms with van der Waals surface area (Å²) in [6.45, 7) is -0.606. The van der Waals surface area contributed by atoms with Gasteiger partial charge in [-0.2, -0.15) is 8.42 Å². The molecule has 1 fully saturated rings. The summed E-state index contributed by atoms with van der Waals surface area (Å²) >= 11 is 0.498. The van der Waals surface area contributed by atoms with Gasteiger partial charge < -0.3 is 25.2 Å². The fraction of sp³-hybridized carbons (Fsp3) is 1.00. The summed E-state index contributed by atoms with van der Waals surface area (Å²) in [4.78, 5) is 0. The van der Waals surface area contributed by atoms with Crippen molar-refractivity contribution in [2.75, 3.05) is 13.7 Å². The molecule has 1 saturated heterocycles. The molecular formula is C7H15NO9S2. The molecular weight excluding hydrogens is 306 g/mol. The fourth-order valence-corrected chi connectivity index (χ4v) is 2.86. The highest BCUT2D eigenvalue weighted by atomic mass is 32.3. The Morgan fingerprint density at radius 3 is 2.32 bits per heavy atom. The van der Waals surface area contributed by atoms with Gasteiger partial charge in [-0.3, -0.25) is 4.55 Å². The Balaban J connectivity index is 2.66. The highest BCUT2D eigenvalue weighted by molar-refractivity contribution is 7.97. The molecule has 1 heterocycles. The van der Waals surface area contributed by atoms with Gasteiger partial charge in [-0.1, -0.05) is 0 Å². The van der Waals surface area contributed by atoms with Crippen molar-refractivity contribution in [3.05, 3.63) is 0 Å². The van der Waals surface area contributed by atoms with E-state index >= 15 is 0 Å². The van der Waals surface area contributed by atoms with Crippen LogP contribution in [0.4, 0.5) is 0 Å². The number of aliphatic hydroxyl groups excluding tert-OH is 4. The molecule has 1 rings (SSSR count). The smallest absolute Gasteiger partial charge is 0.394 e. The van der Waals surface area contributed by atoms with Crippen molar-refractivity contribution < 1.29 is 42.4 Å². The number of rotatable bonds is 5. The predicted molar refractivity (Wildman–Crippen MR) is 61.8 cm³/mol. The van der Waals surface area contributed by atoms with Gasteiger partial charge in [-0.05, 0) is 11.9 Å². The molecule has 0 aromatic rings. The zero-order valence-electron chi connectivity index (χ0n) is 9.73. The van der Waals surface area contributed by atoms with Crippen LogP contribution in [0.5, 0.6) is 0 Å². The average Bonchev–Trinajstić information content (AvgIpc) is 2.27. The standard InChI is InChI=1S/C7H15NO9S2/c1-8(17-19(13,14)15)18-7-6(12)5(11)4(10)3(2-9)16-7/h3-7,9-12H,2H2,1H3,(H,13,14,15)/t3-,4-,5+,6-,7+/m1/s1. The van der Waals surface area contributed by atoms with Crippen LogP contribution in [-0.4, -0.2) is 81.4 Å². The maximum atomic E-state index is 10.4. The summed E-state index contributed by atoms with van der Waals surface area (Å²) in [5, 5.41) is 37.6. The lowest BCUT2D eigenvalue weighted by atomic mass is 10.0. The molecule has 0 radical (unpaired) electrons. The third kappa shape index (κ3) is 4.78. The Morgan fingerprint density at radius 2 is 1.84 bits per heavy atom. The van der Waals surface area contributed by atoms with Crippen LogP contribution in [0.1, 0.15) is 0 Å². The molecule has 0 bridgehead atoms. The number of hydrogen-bond donors (Lipinski definition) is 5. The zero-order chi connectivity index (χ0) is 14.8. The van der Waals surface area contributed by atoms with Gasteiger partial charge >= 0.3 is 10.4 Å². The minimum atomic E-state index is -4.73. The van der Waals surface area contributed by atoms with E-state index in [1.807, 2.05) is 0 Å². The maximum absolute atomic E-state index is 10.4. The molecule has 1 aliphatic heterocycles. The predicted octanol–water partition coefficient (Wildman–Crippen LogP) is -2.90. The first-order valence-electron chi connectivity index (χ1n) is 5.03. The fourth-order valence-electron chi connectivity index (χ4n) is 1.45. The van der Waals surface area contributed by atoms with Gasteiger partial charge in [0, 0.05) is 7.05 Å². The quantitative estimate of drug-likeness (QED) is 0.201. The molecule has 5 atom stereocenters. The summed E-state index contributed by atoms with van der Waals surface area (Å²) < 4.78 is 39.0. The van der Waals surface area contributed by atoms with Crippen molar-refractivity contribution in [3.63, 3.8) is 0 Å². The zero-order valence-corrected chi connectivity index (χ0v) is 11.4. The lowest BCUT2D eigenvalue weighted by molar-refractivity contribution is -0.206. The second-order valence-corrected chi connectivity index (χ2v) is 5.94. The van der Waals surface area contributed by atoms with Crippen molar-refractivity contribution in [1.82, 2.24) is 4.47 Å². The van der Waals surface area contributed by atoms with Gasteiger partial charge in [-0.15, -0.1) is 8.75 Å². The van der Waals surface area contributed by atoms with E-state index in [9.17, 15) is 23.7 Å². The average molecular weight is 321 g/mol. The molecule has 19 heavy (non-hydrogen) atoms. The monoisotopic (exact) mass is 321 g/mol. The topological polar surface area (TPSA) is 157 Å². The van der Waals surface area contributed by atoms with E-state index in [-0.39, 0.29) is 0 Å². The van der Waals surface area contributed by atoms with Crippen LogP contribution in [0.2, 0.25) is 0 Å². The van der Waals surface area contributed by atoms with Crippen molar-refractivity contribution in [1.29, 1.82) is 0 Å². The van der Waals surface area contributed by atoms with Crippen molar-refractivity contribution >= 4 is 22.3 Å². The number of aliphatic hydroxyl groups is 4. The summed E-state index contributed by atoms with van der Waals surface area (Å²) in [5.74, 6) is 0. The van der Waals surface area contributed by atoms with E-state index in [0.717, 1.165) is 7.05 Å². The lowest BCUT2D eigenvalue weighted by Crippen LogP contribution is -2.58. The molecule has 10 nitrogen and oxygen atoms in total. The second kappa shape index (κ2) is 6.62. The number of hydrogen-bond acceptors (Lipinski definition) is 10. The Bertz CT molecular complexity index is 388. The van der Waals surface area contributed by atoms with E-state index < -0.39 is 46.9 Å². The van der Waals surface area contributed by atoms with Gasteiger partial charge in [0.2, 0.25) is 0 Å². The molecule has 5 N–H and O–H groups in total. The Morgan fingerprint density at radius 1 is 1.26 bits per heavy atom. The van der Waals surface area contributed by atoms with E-state index in [4.69, 9.17) is 14.4 Å². The highest BCUT2D eigenvalue weighted by Crippen LogP contribution is 2.30. The van der Waals surface area contributed by atoms with Crippen molar-refractivity contribution in [2.24, 2.45) is 0 Å². The molecule has 0 amide bonds. The van der Waals surface area contributed by atoms with Gasteiger partial charge in [-0.25, -0.2) is 0 Å².